The van der Waals surface area contributed by atoms with E-state index in [0.717, 1.165) is 11.3 Å². The van der Waals surface area contributed by atoms with E-state index in [4.69, 9.17) is 6.42 Å². The van der Waals surface area contributed by atoms with Gasteiger partial charge in [0.1, 0.15) is 17.4 Å². The van der Waals surface area contributed by atoms with E-state index >= 15 is 0 Å². The van der Waals surface area contributed by atoms with E-state index in [1.165, 1.54) is 6.33 Å². The number of terminal acetylenes is 1. The standard InChI is InChI=1S/C18H18N6O/c1-4-12-6-5-7-13(8-12)22-16-15-14(20-11-21-16)9-19-17(23-15)24-18(2,3)10-25/h1,5-9,11,25H,10H2,2-3H3,(H,19,23,24)(H,20,21,22). The van der Waals surface area contributed by atoms with Gasteiger partial charge in [-0.25, -0.2) is 19.9 Å². The molecule has 0 saturated carbocycles. The van der Waals surface area contributed by atoms with Crippen molar-refractivity contribution in [3.05, 3.63) is 42.4 Å². The van der Waals surface area contributed by atoms with Crippen LogP contribution in [0.15, 0.2) is 36.8 Å². The maximum Gasteiger partial charge on any atom is 0.223 e. The van der Waals surface area contributed by atoms with E-state index in [2.05, 4.69) is 36.5 Å². The second kappa shape index (κ2) is 6.71. The molecule has 3 aromatic rings. The molecule has 0 spiro atoms. The maximum atomic E-state index is 9.40. The summed E-state index contributed by atoms with van der Waals surface area (Å²) in [5, 5.41) is 15.7. The molecule has 0 amide bonds. The molecule has 3 N–H and O–H groups in total. The second-order valence-electron chi connectivity index (χ2n) is 6.17. The topological polar surface area (TPSA) is 95.9 Å². The maximum absolute atomic E-state index is 9.40. The van der Waals surface area contributed by atoms with Crippen LogP contribution in [0.1, 0.15) is 19.4 Å². The minimum absolute atomic E-state index is 0.0519. The summed E-state index contributed by atoms with van der Waals surface area (Å²) in [7, 11) is 0. The number of aliphatic hydroxyl groups excluding tert-OH is 1. The third kappa shape index (κ3) is 3.82. The van der Waals surface area contributed by atoms with Gasteiger partial charge in [0, 0.05) is 11.3 Å². The normalized spacial score (nSPS) is 11.1. The van der Waals surface area contributed by atoms with E-state index < -0.39 is 5.54 Å². The number of hydrogen-bond acceptors (Lipinski definition) is 7. The highest BCUT2D eigenvalue weighted by Crippen LogP contribution is 2.23. The number of rotatable bonds is 5. The van der Waals surface area contributed by atoms with Crippen molar-refractivity contribution in [3.63, 3.8) is 0 Å². The highest BCUT2D eigenvalue weighted by molar-refractivity contribution is 5.87. The van der Waals surface area contributed by atoms with Gasteiger partial charge in [-0.2, -0.15) is 0 Å². The van der Waals surface area contributed by atoms with Crippen molar-refractivity contribution in [3.8, 4) is 12.3 Å². The molecular formula is C18H18N6O. The quantitative estimate of drug-likeness (QED) is 0.616. The molecule has 7 nitrogen and oxygen atoms in total. The first-order valence-corrected chi connectivity index (χ1v) is 7.71. The number of aromatic nitrogens is 4. The number of benzene rings is 1. The van der Waals surface area contributed by atoms with E-state index in [9.17, 15) is 5.11 Å². The molecule has 0 atom stereocenters. The Morgan fingerprint density at radius 3 is 2.84 bits per heavy atom. The van der Waals surface area contributed by atoms with Crippen LogP contribution >= 0.6 is 0 Å². The zero-order valence-electron chi connectivity index (χ0n) is 14.0. The number of nitrogens with zero attached hydrogens (tertiary/aromatic N) is 4. The zero-order valence-corrected chi connectivity index (χ0v) is 14.0. The molecule has 0 bridgehead atoms. The third-order valence-corrected chi connectivity index (χ3v) is 3.51. The van der Waals surface area contributed by atoms with Gasteiger partial charge in [-0.3, -0.25) is 0 Å². The van der Waals surface area contributed by atoms with Crippen LogP contribution < -0.4 is 10.6 Å². The summed E-state index contributed by atoms with van der Waals surface area (Å²) >= 11 is 0. The fourth-order valence-corrected chi connectivity index (χ4v) is 2.17. The number of aliphatic hydroxyl groups is 1. The van der Waals surface area contributed by atoms with Crippen molar-refractivity contribution in [1.82, 2.24) is 19.9 Å². The minimum Gasteiger partial charge on any atom is -0.394 e. The van der Waals surface area contributed by atoms with Crippen LogP contribution in [-0.2, 0) is 0 Å². The van der Waals surface area contributed by atoms with Crippen molar-refractivity contribution >= 4 is 28.5 Å². The lowest BCUT2D eigenvalue weighted by molar-refractivity contribution is 0.233. The van der Waals surface area contributed by atoms with Crippen molar-refractivity contribution in [2.75, 3.05) is 17.2 Å². The Morgan fingerprint density at radius 1 is 1.24 bits per heavy atom. The summed E-state index contributed by atoms with van der Waals surface area (Å²) in [5.74, 6) is 3.54. The molecule has 2 heterocycles. The van der Waals surface area contributed by atoms with Crippen LogP contribution in [0.2, 0.25) is 0 Å². The van der Waals surface area contributed by atoms with Crippen LogP contribution in [0.3, 0.4) is 0 Å². The number of nitrogens with one attached hydrogen (secondary N) is 2. The summed E-state index contributed by atoms with van der Waals surface area (Å²) in [5.41, 5.74) is 2.21. The van der Waals surface area contributed by atoms with Crippen molar-refractivity contribution < 1.29 is 5.11 Å². The predicted octanol–water partition coefficient (Wildman–Crippen LogP) is 2.33. The average molecular weight is 334 g/mol. The lowest BCUT2D eigenvalue weighted by Gasteiger charge is -2.23. The summed E-state index contributed by atoms with van der Waals surface area (Å²) < 4.78 is 0. The molecule has 0 unspecified atom stereocenters. The van der Waals surface area contributed by atoms with Crippen LogP contribution in [0.5, 0.6) is 0 Å². The Bertz CT molecular complexity index is 948. The average Bonchev–Trinajstić information content (AvgIpc) is 2.62. The summed E-state index contributed by atoms with van der Waals surface area (Å²) in [6, 6.07) is 7.46. The first kappa shape index (κ1) is 16.6. The van der Waals surface area contributed by atoms with Gasteiger partial charge in [-0.05, 0) is 32.0 Å². The number of anilines is 3. The van der Waals surface area contributed by atoms with Crippen molar-refractivity contribution in [1.29, 1.82) is 0 Å². The fourth-order valence-electron chi connectivity index (χ4n) is 2.17. The molecule has 0 aliphatic carbocycles. The number of fused-ring (bicyclic) bond motifs is 1. The Morgan fingerprint density at radius 2 is 2.08 bits per heavy atom. The van der Waals surface area contributed by atoms with Gasteiger partial charge in [-0.1, -0.05) is 12.0 Å². The van der Waals surface area contributed by atoms with E-state index in [1.54, 1.807) is 6.20 Å². The molecule has 0 aliphatic heterocycles. The highest BCUT2D eigenvalue weighted by Gasteiger charge is 2.18. The monoisotopic (exact) mass is 334 g/mol. The summed E-state index contributed by atoms with van der Waals surface area (Å²) in [4.78, 5) is 17.2. The molecule has 2 aromatic heterocycles. The molecule has 0 fully saturated rings. The Kier molecular flexibility index (Phi) is 4.46. The van der Waals surface area contributed by atoms with Gasteiger partial charge in [0.05, 0.1) is 18.3 Å². The second-order valence-corrected chi connectivity index (χ2v) is 6.17. The van der Waals surface area contributed by atoms with Crippen molar-refractivity contribution in [2.45, 2.75) is 19.4 Å². The Balaban J connectivity index is 1.98. The van der Waals surface area contributed by atoms with E-state index in [-0.39, 0.29) is 6.61 Å². The Hall–Kier alpha value is -3.24. The smallest absolute Gasteiger partial charge is 0.223 e. The number of hydrogen-bond donors (Lipinski definition) is 3. The van der Waals surface area contributed by atoms with Crippen LogP contribution in [0, 0.1) is 12.3 Å². The van der Waals surface area contributed by atoms with Gasteiger partial charge >= 0.3 is 0 Å². The first-order chi connectivity index (χ1) is 12.0. The molecule has 126 valence electrons. The van der Waals surface area contributed by atoms with Crippen LogP contribution in [0.25, 0.3) is 11.0 Å². The van der Waals surface area contributed by atoms with Gasteiger partial charge in [-0.15, -0.1) is 6.42 Å². The molecule has 0 radical (unpaired) electrons. The molecular weight excluding hydrogens is 316 g/mol. The minimum atomic E-state index is -0.544. The predicted molar refractivity (Wildman–Crippen MR) is 97.6 cm³/mol. The summed E-state index contributed by atoms with van der Waals surface area (Å²) in [6.07, 6.45) is 8.50. The largest absolute Gasteiger partial charge is 0.394 e. The fraction of sp³-hybridized carbons (Fsp3) is 0.222. The highest BCUT2D eigenvalue weighted by atomic mass is 16.3. The van der Waals surface area contributed by atoms with Crippen LogP contribution in [0.4, 0.5) is 17.5 Å². The zero-order chi connectivity index (χ0) is 17.9. The SMILES string of the molecule is C#Cc1cccc(Nc2ncnc3cnc(NC(C)(C)CO)nc23)c1. The van der Waals surface area contributed by atoms with Crippen molar-refractivity contribution in [2.24, 2.45) is 0 Å². The Labute approximate surface area is 145 Å². The van der Waals surface area contributed by atoms with Gasteiger partial charge in [0.2, 0.25) is 5.95 Å². The van der Waals surface area contributed by atoms with Crippen LogP contribution in [-0.4, -0.2) is 37.2 Å². The van der Waals surface area contributed by atoms with E-state index in [1.807, 2.05) is 38.1 Å². The van der Waals surface area contributed by atoms with E-state index in [0.29, 0.717) is 22.8 Å². The molecule has 0 aliphatic rings. The van der Waals surface area contributed by atoms with Gasteiger partial charge < -0.3 is 15.7 Å². The lowest BCUT2D eigenvalue weighted by Crippen LogP contribution is -2.35. The molecule has 1 aromatic carbocycles. The summed E-state index contributed by atoms with van der Waals surface area (Å²) in [6.45, 7) is 3.66. The molecule has 0 saturated heterocycles. The third-order valence-electron chi connectivity index (χ3n) is 3.51. The molecule has 3 rings (SSSR count). The lowest BCUT2D eigenvalue weighted by atomic mass is 10.1. The van der Waals surface area contributed by atoms with Gasteiger partial charge in [0.15, 0.2) is 5.82 Å². The molecule has 25 heavy (non-hydrogen) atoms. The first-order valence-electron chi connectivity index (χ1n) is 7.71. The molecule has 7 heteroatoms. The van der Waals surface area contributed by atoms with Gasteiger partial charge in [0.25, 0.3) is 0 Å².